The maximum absolute atomic E-state index is 13.4. The Kier molecular flexibility index (Phi) is 6.99. The molecule has 2 aliphatic heterocycles. The second-order valence-electron chi connectivity index (χ2n) is 8.26. The third-order valence-electron chi connectivity index (χ3n) is 5.96. The summed E-state index contributed by atoms with van der Waals surface area (Å²) in [6.07, 6.45) is 3.39. The van der Waals surface area contributed by atoms with E-state index >= 15 is 0 Å². The summed E-state index contributed by atoms with van der Waals surface area (Å²) in [6.45, 7) is 2.55. The number of hydrogen-bond donors (Lipinski definition) is 2. The first-order chi connectivity index (χ1) is 15.5. The molecule has 8 heteroatoms. The first kappa shape index (κ1) is 22.2. The summed E-state index contributed by atoms with van der Waals surface area (Å²) in [4.78, 5) is 27.3. The van der Waals surface area contributed by atoms with Crippen LogP contribution in [0.3, 0.4) is 0 Å². The van der Waals surface area contributed by atoms with Gasteiger partial charge in [-0.1, -0.05) is 12.1 Å². The summed E-state index contributed by atoms with van der Waals surface area (Å²) in [6, 6.07) is 10.2. The second-order valence-corrected chi connectivity index (χ2v) is 8.26. The molecule has 4 rings (SSSR count). The van der Waals surface area contributed by atoms with Crippen molar-refractivity contribution in [3.63, 3.8) is 0 Å². The van der Waals surface area contributed by atoms with Gasteiger partial charge >= 0.3 is 0 Å². The molecule has 6 nitrogen and oxygen atoms in total. The Labute approximate surface area is 185 Å². The molecule has 170 valence electrons. The number of nitrogens with one attached hydrogen (secondary N) is 2. The lowest BCUT2D eigenvalue weighted by molar-refractivity contribution is 0.0858. The SMILES string of the molecule is O=C(NC1CCN(c2ccccc2C(=O)NCC2CCCO2)CC1)c1cc(F)cc(F)c1. The molecule has 0 saturated carbocycles. The van der Waals surface area contributed by atoms with Crippen molar-refractivity contribution < 1.29 is 23.1 Å². The molecule has 1 atom stereocenters. The fourth-order valence-corrected chi connectivity index (χ4v) is 4.27. The van der Waals surface area contributed by atoms with Gasteiger partial charge in [-0.05, 0) is 49.9 Å². The maximum atomic E-state index is 13.4. The van der Waals surface area contributed by atoms with Crippen molar-refractivity contribution in [2.24, 2.45) is 0 Å². The lowest BCUT2D eigenvalue weighted by atomic mass is 10.0. The second kappa shape index (κ2) is 10.1. The molecule has 0 spiro atoms. The van der Waals surface area contributed by atoms with Crippen molar-refractivity contribution in [1.29, 1.82) is 0 Å². The summed E-state index contributed by atoms with van der Waals surface area (Å²) in [7, 11) is 0. The molecule has 2 N–H and O–H groups in total. The molecular formula is C24H27F2N3O3. The minimum Gasteiger partial charge on any atom is -0.376 e. The van der Waals surface area contributed by atoms with Gasteiger partial charge < -0.3 is 20.3 Å². The average Bonchev–Trinajstić information content (AvgIpc) is 3.31. The van der Waals surface area contributed by atoms with Gasteiger partial charge in [0.1, 0.15) is 11.6 Å². The van der Waals surface area contributed by atoms with E-state index in [9.17, 15) is 18.4 Å². The van der Waals surface area contributed by atoms with Gasteiger partial charge in [0, 0.05) is 49.6 Å². The van der Waals surface area contributed by atoms with Crippen molar-refractivity contribution >= 4 is 17.5 Å². The Hall–Kier alpha value is -3.00. The summed E-state index contributed by atoms with van der Waals surface area (Å²) in [5.74, 6) is -2.17. The van der Waals surface area contributed by atoms with Crippen LogP contribution in [-0.4, -0.2) is 50.2 Å². The van der Waals surface area contributed by atoms with E-state index in [1.54, 1.807) is 0 Å². The molecule has 2 saturated heterocycles. The quantitative estimate of drug-likeness (QED) is 0.719. The number of ether oxygens (including phenoxy) is 1. The van der Waals surface area contributed by atoms with E-state index in [1.165, 1.54) is 0 Å². The minimum absolute atomic E-state index is 0.0295. The number of hydrogen-bond acceptors (Lipinski definition) is 4. The van der Waals surface area contributed by atoms with E-state index in [-0.39, 0.29) is 23.6 Å². The monoisotopic (exact) mass is 443 g/mol. The Morgan fingerprint density at radius 1 is 1.00 bits per heavy atom. The molecule has 0 radical (unpaired) electrons. The van der Waals surface area contributed by atoms with Crippen LogP contribution in [0.2, 0.25) is 0 Å². The molecule has 0 aromatic heterocycles. The molecule has 0 aliphatic carbocycles. The van der Waals surface area contributed by atoms with Crippen LogP contribution < -0.4 is 15.5 Å². The number of rotatable bonds is 6. The van der Waals surface area contributed by atoms with Gasteiger partial charge in [-0.15, -0.1) is 0 Å². The lowest BCUT2D eigenvalue weighted by Gasteiger charge is -2.35. The molecular weight excluding hydrogens is 416 g/mol. The summed E-state index contributed by atoms with van der Waals surface area (Å²) >= 11 is 0. The highest BCUT2D eigenvalue weighted by molar-refractivity contribution is 6.00. The first-order valence-electron chi connectivity index (χ1n) is 11.0. The highest BCUT2D eigenvalue weighted by atomic mass is 19.1. The van der Waals surface area contributed by atoms with Crippen molar-refractivity contribution in [1.82, 2.24) is 10.6 Å². The van der Waals surface area contributed by atoms with Gasteiger partial charge in [0.15, 0.2) is 0 Å². The van der Waals surface area contributed by atoms with Crippen molar-refractivity contribution in [2.45, 2.75) is 37.8 Å². The van der Waals surface area contributed by atoms with Crippen LogP contribution in [0.4, 0.5) is 14.5 Å². The van der Waals surface area contributed by atoms with Gasteiger partial charge in [-0.3, -0.25) is 9.59 Å². The van der Waals surface area contributed by atoms with Crippen LogP contribution in [0.1, 0.15) is 46.4 Å². The number of benzene rings is 2. The summed E-state index contributed by atoms with van der Waals surface area (Å²) < 4.78 is 32.3. The molecule has 0 bridgehead atoms. The topological polar surface area (TPSA) is 70.7 Å². The van der Waals surface area contributed by atoms with Gasteiger partial charge in [0.2, 0.25) is 0 Å². The maximum Gasteiger partial charge on any atom is 0.253 e. The highest BCUT2D eigenvalue weighted by Gasteiger charge is 2.25. The Balaban J connectivity index is 1.34. The predicted molar refractivity (Wildman–Crippen MR) is 117 cm³/mol. The molecule has 2 aromatic rings. The van der Waals surface area contributed by atoms with Crippen LogP contribution in [0.5, 0.6) is 0 Å². The fraction of sp³-hybridized carbons (Fsp3) is 0.417. The molecule has 2 aromatic carbocycles. The van der Waals surface area contributed by atoms with Crippen molar-refractivity contribution in [2.75, 3.05) is 31.1 Å². The third kappa shape index (κ3) is 5.43. The van der Waals surface area contributed by atoms with Crippen molar-refractivity contribution in [3.05, 3.63) is 65.2 Å². The predicted octanol–water partition coefficient (Wildman–Crippen LogP) is 3.27. The van der Waals surface area contributed by atoms with Crippen LogP contribution in [0.25, 0.3) is 0 Å². The van der Waals surface area contributed by atoms with Crippen LogP contribution in [0.15, 0.2) is 42.5 Å². The number of para-hydroxylation sites is 1. The summed E-state index contributed by atoms with van der Waals surface area (Å²) in [5, 5.41) is 5.83. The normalized spacial score (nSPS) is 19.1. The van der Waals surface area contributed by atoms with Crippen LogP contribution >= 0.6 is 0 Å². The van der Waals surface area contributed by atoms with Gasteiger partial charge in [0.25, 0.3) is 11.8 Å². The van der Waals surface area contributed by atoms with Gasteiger partial charge in [-0.2, -0.15) is 0 Å². The average molecular weight is 443 g/mol. The minimum atomic E-state index is -0.778. The zero-order valence-corrected chi connectivity index (χ0v) is 17.8. The van der Waals surface area contributed by atoms with E-state index in [0.29, 0.717) is 38.0 Å². The number of carbonyl (C=O) groups excluding carboxylic acids is 2. The Bertz CT molecular complexity index is 950. The zero-order chi connectivity index (χ0) is 22.5. The van der Waals surface area contributed by atoms with Gasteiger partial charge in [0.05, 0.1) is 11.7 Å². The smallest absolute Gasteiger partial charge is 0.253 e. The number of piperidine rings is 1. The first-order valence-corrected chi connectivity index (χ1v) is 11.0. The molecule has 1 unspecified atom stereocenters. The highest BCUT2D eigenvalue weighted by Crippen LogP contribution is 2.25. The van der Waals surface area contributed by atoms with Crippen molar-refractivity contribution in [3.8, 4) is 0 Å². The lowest BCUT2D eigenvalue weighted by Crippen LogP contribution is -2.45. The van der Waals surface area contributed by atoms with E-state index in [1.807, 2.05) is 24.3 Å². The number of nitrogens with zero attached hydrogens (tertiary/aromatic N) is 1. The van der Waals surface area contributed by atoms with E-state index < -0.39 is 17.5 Å². The molecule has 2 fully saturated rings. The van der Waals surface area contributed by atoms with E-state index in [2.05, 4.69) is 15.5 Å². The number of amides is 2. The van der Waals surface area contributed by atoms with Gasteiger partial charge in [-0.25, -0.2) is 8.78 Å². The Morgan fingerprint density at radius 2 is 1.72 bits per heavy atom. The summed E-state index contributed by atoms with van der Waals surface area (Å²) in [5.41, 5.74) is 1.44. The molecule has 32 heavy (non-hydrogen) atoms. The molecule has 2 amide bonds. The standard InChI is InChI=1S/C24H27F2N3O3/c25-17-12-16(13-18(26)14-17)23(30)28-19-7-9-29(10-8-19)22-6-2-1-5-21(22)24(31)27-15-20-4-3-11-32-20/h1-2,5-6,12-14,19-20H,3-4,7-11,15H2,(H,27,31)(H,28,30). The largest absolute Gasteiger partial charge is 0.376 e. The van der Waals surface area contributed by atoms with Crippen LogP contribution in [-0.2, 0) is 4.74 Å². The number of anilines is 1. The Morgan fingerprint density at radius 3 is 2.41 bits per heavy atom. The van der Waals surface area contributed by atoms with Crippen LogP contribution in [0, 0.1) is 11.6 Å². The number of carbonyl (C=O) groups is 2. The fourth-order valence-electron chi connectivity index (χ4n) is 4.27. The van der Waals surface area contributed by atoms with E-state index in [0.717, 1.165) is 43.3 Å². The van der Waals surface area contributed by atoms with E-state index in [4.69, 9.17) is 4.74 Å². The number of halogens is 2. The molecule has 2 aliphatic rings. The zero-order valence-electron chi connectivity index (χ0n) is 17.8. The molecule has 2 heterocycles. The third-order valence-corrected chi connectivity index (χ3v) is 5.96.